The third kappa shape index (κ3) is 4.26. The molecule has 0 radical (unpaired) electrons. The number of fused-ring (bicyclic) bond motifs is 1. The number of amides is 2. The molecular formula is C23H32N2O2. The Morgan fingerprint density at radius 3 is 2.63 bits per heavy atom. The van der Waals surface area contributed by atoms with Crippen LogP contribution in [0.25, 0.3) is 5.57 Å². The van der Waals surface area contributed by atoms with Crippen LogP contribution in [0, 0.1) is 11.8 Å². The standard InChI is InChI=1S/C23H32N2O2/c1-15(2)21(24-22(26)16(3)4)23(27)25-13-7-9-19(25)14-18-12-11-17-8-5-6-10-20(17)18/h5-6,8,10,12,15-16,19,21H,7,9,11,13-14H2,1-4H3,(H,24,26)/t19-,21-/m0/s1. The number of hydrogen-bond donors (Lipinski definition) is 1. The van der Waals surface area contributed by atoms with E-state index in [9.17, 15) is 9.59 Å². The molecule has 1 heterocycles. The zero-order valence-corrected chi connectivity index (χ0v) is 17.0. The van der Waals surface area contributed by atoms with E-state index in [-0.39, 0.29) is 29.7 Å². The number of nitrogens with one attached hydrogen (secondary N) is 1. The van der Waals surface area contributed by atoms with Gasteiger partial charge in [0, 0.05) is 18.5 Å². The monoisotopic (exact) mass is 368 g/mol. The van der Waals surface area contributed by atoms with E-state index in [1.165, 1.54) is 16.7 Å². The Balaban J connectivity index is 1.71. The number of carbonyl (C=O) groups is 2. The second kappa shape index (κ2) is 8.28. The molecule has 2 aliphatic rings. The Labute approximate surface area is 163 Å². The maximum Gasteiger partial charge on any atom is 0.245 e. The smallest absolute Gasteiger partial charge is 0.245 e. The lowest BCUT2D eigenvalue weighted by Crippen LogP contribution is -2.53. The highest BCUT2D eigenvalue weighted by Gasteiger charge is 2.36. The Bertz CT molecular complexity index is 736. The van der Waals surface area contributed by atoms with E-state index in [1.54, 1.807) is 0 Å². The summed E-state index contributed by atoms with van der Waals surface area (Å²) in [4.78, 5) is 27.5. The molecule has 0 unspecified atom stereocenters. The summed E-state index contributed by atoms with van der Waals surface area (Å²) in [5.41, 5.74) is 4.08. The molecule has 2 amide bonds. The van der Waals surface area contributed by atoms with E-state index < -0.39 is 6.04 Å². The van der Waals surface area contributed by atoms with E-state index in [0.29, 0.717) is 0 Å². The number of carbonyl (C=O) groups excluding carboxylic acids is 2. The van der Waals surface area contributed by atoms with Gasteiger partial charge < -0.3 is 10.2 Å². The lowest BCUT2D eigenvalue weighted by molar-refractivity contribution is -0.139. The molecule has 1 aromatic carbocycles. The van der Waals surface area contributed by atoms with Gasteiger partial charge in [-0.1, -0.05) is 58.0 Å². The first-order chi connectivity index (χ1) is 12.9. The second-order valence-electron chi connectivity index (χ2n) is 8.51. The van der Waals surface area contributed by atoms with Gasteiger partial charge in [0.2, 0.25) is 11.8 Å². The summed E-state index contributed by atoms with van der Waals surface area (Å²) in [5.74, 6) is -0.0138. The summed E-state index contributed by atoms with van der Waals surface area (Å²) < 4.78 is 0. The molecule has 1 aliphatic carbocycles. The van der Waals surface area contributed by atoms with Crippen LogP contribution in [-0.4, -0.2) is 35.3 Å². The average Bonchev–Trinajstić information content (AvgIpc) is 3.26. The summed E-state index contributed by atoms with van der Waals surface area (Å²) in [5, 5.41) is 2.98. The van der Waals surface area contributed by atoms with Crippen molar-refractivity contribution >= 4 is 17.4 Å². The summed E-state index contributed by atoms with van der Waals surface area (Å²) in [7, 11) is 0. The van der Waals surface area contributed by atoms with Crippen molar-refractivity contribution in [2.24, 2.45) is 11.8 Å². The van der Waals surface area contributed by atoms with Gasteiger partial charge in [-0.2, -0.15) is 0 Å². The molecule has 0 saturated carbocycles. The minimum Gasteiger partial charge on any atom is -0.344 e. The molecule has 27 heavy (non-hydrogen) atoms. The van der Waals surface area contributed by atoms with Gasteiger partial charge in [-0.25, -0.2) is 0 Å². The SMILES string of the molecule is CC(C)C(=O)N[C@H](C(=O)N1CCC[C@H]1CC1=CCc2ccccc21)C(C)C. The van der Waals surface area contributed by atoms with Crippen LogP contribution in [0.3, 0.4) is 0 Å². The van der Waals surface area contributed by atoms with Gasteiger partial charge in [0.1, 0.15) is 6.04 Å². The first-order valence-corrected chi connectivity index (χ1v) is 10.3. The van der Waals surface area contributed by atoms with Crippen LogP contribution in [0.4, 0.5) is 0 Å². The average molecular weight is 369 g/mol. The molecule has 1 aliphatic heterocycles. The lowest BCUT2D eigenvalue weighted by atomic mass is 9.97. The largest absolute Gasteiger partial charge is 0.344 e. The Hall–Kier alpha value is -2.10. The minimum absolute atomic E-state index is 0.0507. The highest BCUT2D eigenvalue weighted by Crippen LogP contribution is 2.34. The molecule has 0 bridgehead atoms. The van der Waals surface area contributed by atoms with Gasteiger partial charge >= 0.3 is 0 Å². The van der Waals surface area contributed by atoms with Crippen LogP contribution in [0.2, 0.25) is 0 Å². The zero-order valence-electron chi connectivity index (χ0n) is 17.0. The third-order valence-electron chi connectivity index (χ3n) is 5.80. The molecule has 1 fully saturated rings. The van der Waals surface area contributed by atoms with Crippen molar-refractivity contribution in [2.75, 3.05) is 6.54 Å². The van der Waals surface area contributed by atoms with Crippen molar-refractivity contribution in [3.63, 3.8) is 0 Å². The van der Waals surface area contributed by atoms with Gasteiger partial charge in [-0.3, -0.25) is 9.59 Å². The maximum absolute atomic E-state index is 13.3. The molecule has 4 nitrogen and oxygen atoms in total. The number of rotatable bonds is 6. The van der Waals surface area contributed by atoms with E-state index in [4.69, 9.17) is 0 Å². The van der Waals surface area contributed by atoms with Crippen molar-refractivity contribution in [2.45, 2.75) is 65.5 Å². The Morgan fingerprint density at radius 1 is 1.19 bits per heavy atom. The van der Waals surface area contributed by atoms with Crippen molar-refractivity contribution in [3.05, 3.63) is 41.5 Å². The lowest BCUT2D eigenvalue weighted by Gasteiger charge is -2.32. The van der Waals surface area contributed by atoms with Gasteiger partial charge in [0.15, 0.2) is 0 Å². The van der Waals surface area contributed by atoms with E-state index >= 15 is 0 Å². The summed E-state index contributed by atoms with van der Waals surface area (Å²) in [6.45, 7) is 8.52. The highest BCUT2D eigenvalue weighted by atomic mass is 16.2. The van der Waals surface area contributed by atoms with Crippen LogP contribution in [0.1, 0.15) is 58.1 Å². The van der Waals surface area contributed by atoms with Crippen molar-refractivity contribution in [1.29, 1.82) is 0 Å². The molecule has 146 valence electrons. The number of hydrogen-bond acceptors (Lipinski definition) is 2. The topological polar surface area (TPSA) is 49.4 Å². The predicted octanol–water partition coefficient (Wildman–Crippen LogP) is 3.80. The predicted molar refractivity (Wildman–Crippen MR) is 109 cm³/mol. The first kappa shape index (κ1) is 19.7. The highest BCUT2D eigenvalue weighted by molar-refractivity contribution is 5.89. The van der Waals surface area contributed by atoms with Crippen LogP contribution < -0.4 is 5.32 Å². The molecule has 0 aromatic heterocycles. The van der Waals surface area contributed by atoms with Crippen LogP contribution in [0.15, 0.2) is 30.3 Å². The molecule has 4 heteroatoms. The number of nitrogens with zero attached hydrogens (tertiary/aromatic N) is 1. The van der Waals surface area contributed by atoms with Crippen molar-refractivity contribution < 1.29 is 9.59 Å². The first-order valence-electron chi connectivity index (χ1n) is 10.3. The third-order valence-corrected chi connectivity index (χ3v) is 5.80. The summed E-state index contributed by atoms with van der Waals surface area (Å²) in [6, 6.07) is 8.34. The van der Waals surface area contributed by atoms with Gasteiger partial charge in [-0.05, 0) is 48.3 Å². The zero-order chi connectivity index (χ0) is 19.6. The molecular weight excluding hydrogens is 336 g/mol. The Morgan fingerprint density at radius 2 is 1.93 bits per heavy atom. The van der Waals surface area contributed by atoms with Crippen LogP contribution in [-0.2, 0) is 16.0 Å². The molecule has 0 spiro atoms. The fourth-order valence-electron chi connectivity index (χ4n) is 4.15. The fraction of sp³-hybridized carbons (Fsp3) is 0.565. The van der Waals surface area contributed by atoms with Gasteiger partial charge in [0.05, 0.1) is 0 Å². The second-order valence-corrected chi connectivity index (χ2v) is 8.51. The van der Waals surface area contributed by atoms with Gasteiger partial charge in [-0.15, -0.1) is 0 Å². The molecule has 2 atom stereocenters. The number of likely N-dealkylation sites (tertiary alicyclic amines) is 1. The van der Waals surface area contributed by atoms with Gasteiger partial charge in [0.25, 0.3) is 0 Å². The van der Waals surface area contributed by atoms with Crippen LogP contribution in [0.5, 0.6) is 0 Å². The minimum atomic E-state index is -0.439. The Kier molecular flexibility index (Phi) is 6.03. The normalized spacial score (nSPS) is 20.0. The van der Waals surface area contributed by atoms with E-state index in [2.05, 4.69) is 35.7 Å². The number of benzene rings is 1. The van der Waals surface area contributed by atoms with Crippen molar-refractivity contribution in [3.8, 4) is 0 Å². The maximum atomic E-state index is 13.3. The van der Waals surface area contributed by atoms with E-state index in [1.807, 2.05) is 32.6 Å². The molecule has 1 aromatic rings. The van der Waals surface area contributed by atoms with E-state index in [0.717, 1.165) is 32.2 Å². The fourth-order valence-corrected chi connectivity index (χ4v) is 4.15. The number of allylic oxidation sites excluding steroid dienone is 1. The molecule has 3 rings (SSSR count). The molecule has 1 saturated heterocycles. The quantitative estimate of drug-likeness (QED) is 0.830. The summed E-state index contributed by atoms with van der Waals surface area (Å²) >= 11 is 0. The van der Waals surface area contributed by atoms with Crippen LogP contribution >= 0.6 is 0 Å². The summed E-state index contributed by atoms with van der Waals surface area (Å²) in [6.07, 6.45) is 6.28. The molecule has 1 N–H and O–H groups in total. The van der Waals surface area contributed by atoms with Crippen molar-refractivity contribution in [1.82, 2.24) is 10.2 Å².